The van der Waals surface area contributed by atoms with Gasteiger partial charge in [-0.3, -0.25) is 9.78 Å². The number of pyridine rings is 1. The number of hydrogen-bond acceptors (Lipinski definition) is 4. The average Bonchev–Trinajstić information content (AvgIpc) is 3.56. The number of nitrogens with zero attached hydrogens (tertiary/aromatic N) is 3. The third kappa shape index (κ3) is 3.68. The molecule has 5 rings (SSSR count). The van der Waals surface area contributed by atoms with E-state index >= 15 is 0 Å². The summed E-state index contributed by atoms with van der Waals surface area (Å²) in [5, 5.41) is 2.63. The highest BCUT2D eigenvalue weighted by Gasteiger charge is 2.27. The fourth-order valence-electron chi connectivity index (χ4n) is 4.23. The van der Waals surface area contributed by atoms with E-state index in [-0.39, 0.29) is 23.3 Å². The second-order valence-electron chi connectivity index (χ2n) is 7.77. The number of furan rings is 1. The van der Waals surface area contributed by atoms with Gasteiger partial charge in [-0.05, 0) is 49.2 Å². The molecule has 1 N–H and O–H groups in total. The molecule has 1 fully saturated rings. The van der Waals surface area contributed by atoms with Crippen LogP contribution < -0.4 is 5.32 Å². The highest BCUT2D eigenvalue weighted by atomic mass is 19.1. The van der Waals surface area contributed by atoms with E-state index in [2.05, 4.69) is 15.3 Å². The monoisotopic (exact) mass is 434 g/mol. The third-order valence-corrected chi connectivity index (χ3v) is 5.77. The summed E-state index contributed by atoms with van der Waals surface area (Å²) in [5.74, 6) is -1.54. The van der Waals surface area contributed by atoms with E-state index in [9.17, 15) is 13.6 Å². The molecule has 3 heterocycles. The van der Waals surface area contributed by atoms with Gasteiger partial charge in [-0.15, -0.1) is 0 Å². The second kappa shape index (κ2) is 8.37. The van der Waals surface area contributed by atoms with Crippen molar-refractivity contribution in [3.63, 3.8) is 0 Å². The minimum Gasteiger partial charge on any atom is -0.459 e. The van der Waals surface area contributed by atoms with Gasteiger partial charge in [0.2, 0.25) is 0 Å². The number of aromatic nitrogens is 3. The maximum atomic E-state index is 15.0. The Morgan fingerprint density at radius 3 is 2.59 bits per heavy atom. The maximum Gasteiger partial charge on any atom is 0.291 e. The number of carbonyl (C=O) groups excluding carboxylic acids is 1. The van der Waals surface area contributed by atoms with Crippen molar-refractivity contribution in [2.45, 2.75) is 31.7 Å². The van der Waals surface area contributed by atoms with E-state index in [1.54, 1.807) is 24.5 Å². The lowest BCUT2D eigenvalue weighted by Crippen LogP contribution is -2.14. The Kier molecular flexibility index (Phi) is 5.26. The van der Waals surface area contributed by atoms with Crippen molar-refractivity contribution in [2.75, 3.05) is 5.32 Å². The highest BCUT2D eigenvalue weighted by molar-refractivity contribution is 6.05. The number of rotatable bonds is 5. The molecule has 3 aromatic heterocycles. The Hall–Kier alpha value is -3.81. The quantitative estimate of drug-likeness (QED) is 0.428. The number of benzene rings is 1. The summed E-state index contributed by atoms with van der Waals surface area (Å²) in [6.07, 6.45) is 9.81. The minimum absolute atomic E-state index is 0.00971. The minimum atomic E-state index is -0.674. The molecule has 8 heteroatoms. The van der Waals surface area contributed by atoms with Gasteiger partial charge in [0.05, 0.1) is 35.9 Å². The Morgan fingerprint density at radius 1 is 1.09 bits per heavy atom. The molecule has 0 unspecified atom stereocenters. The van der Waals surface area contributed by atoms with E-state index in [4.69, 9.17) is 4.42 Å². The summed E-state index contributed by atoms with van der Waals surface area (Å²) in [5.41, 5.74) is 2.27. The molecule has 0 saturated heterocycles. The summed E-state index contributed by atoms with van der Waals surface area (Å²) in [6, 6.07) is 9.26. The van der Waals surface area contributed by atoms with Gasteiger partial charge in [-0.1, -0.05) is 12.8 Å². The van der Waals surface area contributed by atoms with Crippen molar-refractivity contribution in [1.29, 1.82) is 0 Å². The van der Waals surface area contributed by atoms with Gasteiger partial charge in [0, 0.05) is 23.4 Å². The molecule has 1 aliphatic carbocycles. The van der Waals surface area contributed by atoms with Crippen LogP contribution >= 0.6 is 0 Å². The summed E-state index contributed by atoms with van der Waals surface area (Å²) < 4.78 is 35.6. The first-order chi connectivity index (χ1) is 15.6. The first kappa shape index (κ1) is 20.1. The normalized spacial score (nSPS) is 14.1. The lowest BCUT2D eigenvalue weighted by atomic mass is 10.0. The van der Waals surface area contributed by atoms with Crippen molar-refractivity contribution < 1.29 is 18.0 Å². The van der Waals surface area contributed by atoms with Gasteiger partial charge in [0.1, 0.15) is 5.82 Å². The van der Waals surface area contributed by atoms with Crippen LogP contribution in [0.4, 0.5) is 14.5 Å². The largest absolute Gasteiger partial charge is 0.459 e. The van der Waals surface area contributed by atoms with E-state index in [1.807, 2.05) is 4.57 Å². The van der Waals surface area contributed by atoms with Crippen LogP contribution in [0.25, 0.3) is 22.5 Å². The Balaban J connectivity index is 1.66. The molecule has 4 aromatic rings. The summed E-state index contributed by atoms with van der Waals surface area (Å²) in [6.45, 7) is 0. The zero-order valence-corrected chi connectivity index (χ0v) is 17.1. The van der Waals surface area contributed by atoms with Crippen LogP contribution in [0.3, 0.4) is 0 Å². The van der Waals surface area contributed by atoms with Gasteiger partial charge in [-0.2, -0.15) is 0 Å². The molecule has 0 atom stereocenters. The zero-order valence-electron chi connectivity index (χ0n) is 17.1. The second-order valence-corrected chi connectivity index (χ2v) is 7.77. The number of nitrogens with one attached hydrogen (secondary N) is 1. The average molecular weight is 434 g/mol. The number of halogens is 2. The van der Waals surface area contributed by atoms with Crippen LogP contribution in [-0.2, 0) is 0 Å². The zero-order chi connectivity index (χ0) is 22.1. The molecule has 1 saturated carbocycles. The van der Waals surface area contributed by atoms with Crippen molar-refractivity contribution in [3.8, 4) is 22.5 Å². The van der Waals surface area contributed by atoms with Crippen LogP contribution in [0.1, 0.15) is 42.3 Å². The molecule has 0 spiro atoms. The van der Waals surface area contributed by atoms with E-state index in [0.717, 1.165) is 31.9 Å². The first-order valence-corrected chi connectivity index (χ1v) is 10.4. The molecule has 1 amide bonds. The SMILES string of the molecule is O=C(Nc1c(F)cncc1-c1c(-c2ccc(F)cc2)ncn1C1CCCC1)c1ccco1. The predicted molar refractivity (Wildman–Crippen MR) is 115 cm³/mol. The summed E-state index contributed by atoms with van der Waals surface area (Å²) >= 11 is 0. The lowest BCUT2D eigenvalue weighted by molar-refractivity contribution is 0.0996. The molecular formula is C24H20F2N4O2. The molecule has 32 heavy (non-hydrogen) atoms. The third-order valence-electron chi connectivity index (χ3n) is 5.77. The standard InChI is InChI=1S/C24H20F2N4O2/c25-16-9-7-15(8-10-16)21-23(30(14-28-21)17-4-1-2-5-17)18-12-27-13-19(26)22(18)29-24(31)20-6-3-11-32-20/h3,6-14,17H,1-2,4-5H2,(H,27,29,31). The fourth-order valence-corrected chi connectivity index (χ4v) is 4.23. The van der Waals surface area contributed by atoms with Crippen LogP contribution in [0, 0.1) is 11.6 Å². The number of amides is 1. The number of imidazole rings is 1. The first-order valence-electron chi connectivity index (χ1n) is 10.4. The van der Waals surface area contributed by atoms with E-state index in [0.29, 0.717) is 22.5 Å². The summed E-state index contributed by atoms with van der Waals surface area (Å²) in [7, 11) is 0. The fraction of sp³-hybridized carbons (Fsp3) is 0.208. The number of carbonyl (C=O) groups is 1. The van der Waals surface area contributed by atoms with E-state index < -0.39 is 11.7 Å². The molecule has 0 aliphatic heterocycles. The summed E-state index contributed by atoms with van der Waals surface area (Å²) in [4.78, 5) is 21.3. The van der Waals surface area contributed by atoms with Gasteiger partial charge in [-0.25, -0.2) is 13.8 Å². The molecule has 162 valence electrons. The van der Waals surface area contributed by atoms with Gasteiger partial charge in [0.15, 0.2) is 11.6 Å². The number of anilines is 1. The highest BCUT2D eigenvalue weighted by Crippen LogP contribution is 2.41. The Labute approximate surface area is 182 Å². The maximum absolute atomic E-state index is 15.0. The van der Waals surface area contributed by atoms with Crippen molar-refractivity contribution in [3.05, 3.63) is 78.8 Å². The lowest BCUT2D eigenvalue weighted by Gasteiger charge is -2.19. The van der Waals surface area contributed by atoms with Crippen LogP contribution in [0.15, 0.2) is 65.8 Å². The van der Waals surface area contributed by atoms with Gasteiger partial charge < -0.3 is 14.3 Å². The topological polar surface area (TPSA) is 73.0 Å². The Morgan fingerprint density at radius 2 is 1.88 bits per heavy atom. The Bertz CT molecular complexity index is 1240. The molecule has 0 bridgehead atoms. The molecular weight excluding hydrogens is 414 g/mol. The van der Waals surface area contributed by atoms with Crippen LogP contribution in [0.2, 0.25) is 0 Å². The van der Waals surface area contributed by atoms with Crippen LogP contribution in [-0.4, -0.2) is 20.4 Å². The van der Waals surface area contributed by atoms with Crippen molar-refractivity contribution in [2.24, 2.45) is 0 Å². The predicted octanol–water partition coefficient (Wildman–Crippen LogP) is 5.85. The molecule has 0 radical (unpaired) electrons. The van der Waals surface area contributed by atoms with Gasteiger partial charge >= 0.3 is 0 Å². The van der Waals surface area contributed by atoms with E-state index in [1.165, 1.54) is 30.7 Å². The molecule has 1 aliphatic rings. The van der Waals surface area contributed by atoms with Crippen molar-refractivity contribution in [1.82, 2.24) is 14.5 Å². The smallest absolute Gasteiger partial charge is 0.291 e. The van der Waals surface area contributed by atoms with Crippen molar-refractivity contribution >= 4 is 11.6 Å². The molecule has 1 aromatic carbocycles. The number of hydrogen-bond donors (Lipinski definition) is 1. The van der Waals surface area contributed by atoms with Gasteiger partial charge in [0.25, 0.3) is 5.91 Å². The molecule has 6 nitrogen and oxygen atoms in total. The van der Waals surface area contributed by atoms with Crippen LogP contribution in [0.5, 0.6) is 0 Å².